The molecule has 0 fully saturated rings. The van der Waals surface area contributed by atoms with Crippen LogP contribution in [0, 0.1) is 0 Å². The Morgan fingerprint density at radius 3 is 2.81 bits per heavy atom. The number of methoxy groups -OCH3 is 1. The smallest absolute Gasteiger partial charge is 0.126 e. The van der Waals surface area contributed by atoms with Gasteiger partial charge in [-0.05, 0) is 24.1 Å². The van der Waals surface area contributed by atoms with Gasteiger partial charge < -0.3 is 4.74 Å². The third-order valence-electron chi connectivity index (χ3n) is 2.32. The molecule has 1 aromatic rings. The number of hydrogen-bond acceptors (Lipinski definition) is 3. The summed E-state index contributed by atoms with van der Waals surface area (Å²) in [6.45, 7) is 2.68. The molecular formula is C13H19NO2. The van der Waals surface area contributed by atoms with Gasteiger partial charge in [-0.1, -0.05) is 25.1 Å². The van der Waals surface area contributed by atoms with Crippen molar-refractivity contribution in [3.8, 4) is 5.75 Å². The van der Waals surface area contributed by atoms with Gasteiger partial charge in [0.1, 0.15) is 5.75 Å². The molecule has 0 aromatic heterocycles. The number of ether oxygens (including phenoxy) is 1. The first-order chi connectivity index (χ1) is 7.81. The molecule has 1 rings (SSSR count). The summed E-state index contributed by atoms with van der Waals surface area (Å²) in [6.07, 6.45) is 4.99. The van der Waals surface area contributed by atoms with Gasteiger partial charge in [0, 0.05) is 12.6 Å². The number of benzene rings is 1. The van der Waals surface area contributed by atoms with Crippen LogP contribution >= 0.6 is 0 Å². The van der Waals surface area contributed by atoms with Crippen molar-refractivity contribution in [1.29, 1.82) is 0 Å². The molecule has 16 heavy (non-hydrogen) atoms. The average Bonchev–Trinajstić information content (AvgIpc) is 2.34. The molecule has 0 bridgehead atoms. The minimum atomic E-state index is 0.538. The Balaban J connectivity index is 2.78. The van der Waals surface area contributed by atoms with Crippen LogP contribution in [0.1, 0.15) is 18.1 Å². The Labute approximate surface area is 97.0 Å². The predicted octanol–water partition coefficient (Wildman–Crippen LogP) is 2.42. The highest BCUT2D eigenvalue weighted by Gasteiger charge is 2.00. The van der Waals surface area contributed by atoms with Crippen LogP contribution in [-0.2, 0) is 11.3 Å². The molecule has 0 saturated carbocycles. The third-order valence-corrected chi connectivity index (χ3v) is 2.32. The van der Waals surface area contributed by atoms with Crippen molar-refractivity contribution < 1.29 is 9.57 Å². The van der Waals surface area contributed by atoms with Crippen LogP contribution in [0.25, 0.3) is 6.08 Å². The van der Waals surface area contributed by atoms with E-state index in [2.05, 4.69) is 24.5 Å². The molecule has 0 aliphatic rings. The Morgan fingerprint density at radius 1 is 1.38 bits per heavy atom. The maximum Gasteiger partial charge on any atom is 0.126 e. The number of nitrogens with one attached hydrogen (secondary N) is 1. The molecule has 0 atom stereocenters. The van der Waals surface area contributed by atoms with Gasteiger partial charge in [-0.25, -0.2) is 5.48 Å². The van der Waals surface area contributed by atoms with Crippen LogP contribution in [0.15, 0.2) is 24.3 Å². The highest BCUT2D eigenvalue weighted by Crippen LogP contribution is 2.21. The Bertz CT molecular complexity index is 348. The van der Waals surface area contributed by atoms with Gasteiger partial charge in [-0.2, -0.15) is 0 Å². The van der Waals surface area contributed by atoms with E-state index in [1.165, 1.54) is 5.56 Å². The summed E-state index contributed by atoms with van der Waals surface area (Å²) >= 11 is 0. The molecule has 0 amide bonds. The minimum Gasteiger partial charge on any atom is -0.496 e. The fourth-order valence-corrected chi connectivity index (χ4v) is 1.44. The van der Waals surface area contributed by atoms with E-state index in [0.29, 0.717) is 6.61 Å². The predicted molar refractivity (Wildman–Crippen MR) is 66.4 cm³/mol. The summed E-state index contributed by atoms with van der Waals surface area (Å²) in [5.74, 6) is 0.887. The molecule has 1 aromatic carbocycles. The topological polar surface area (TPSA) is 30.5 Å². The first-order valence-electron chi connectivity index (χ1n) is 5.43. The lowest BCUT2D eigenvalue weighted by Gasteiger charge is -2.06. The third kappa shape index (κ3) is 3.68. The van der Waals surface area contributed by atoms with Gasteiger partial charge in [-0.3, -0.25) is 4.84 Å². The number of hydrogen-bond donors (Lipinski definition) is 1. The van der Waals surface area contributed by atoms with Crippen molar-refractivity contribution in [1.82, 2.24) is 5.48 Å². The summed E-state index contributed by atoms with van der Waals surface area (Å²) < 4.78 is 5.29. The van der Waals surface area contributed by atoms with Gasteiger partial charge in [-0.15, -0.1) is 0 Å². The van der Waals surface area contributed by atoms with E-state index in [0.717, 1.165) is 17.7 Å². The molecule has 0 spiro atoms. The molecule has 0 saturated heterocycles. The van der Waals surface area contributed by atoms with Crippen molar-refractivity contribution in [3.63, 3.8) is 0 Å². The fraction of sp³-hybridized carbons (Fsp3) is 0.385. The summed E-state index contributed by atoms with van der Waals surface area (Å²) in [4.78, 5) is 5.01. The minimum absolute atomic E-state index is 0.538. The molecule has 88 valence electrons. The van der Waals surface area contributed by atoms with Crippen LogP contribution in [0.3, 0.4) is 0 Å². The Morgan fingerprint density at radius 2 is 2.19 bits per heavy atom. The second-order valence-electron chi connectivity index (χ2n) is 3.35. The van der Waals surface area contributed by atoms with E-state index in [1.54, 1.807) is 14.2 Å². The van der Waals surface area contributed by atoms with Crippen LogP contribution in [0.5, 0.6) is 5.75 Å². The van der Waals surface area contributed by atoms with Crippen molar-refractivity contribution >= 4 is 6.08 Å². The molecule has 0 radical (unpaired) electrons. The monoisotopic (exact) mass is 221 g/mol. The van der Waals surface area contributed by atoms with Crippen molar-refractivity contribution in [2.75, 3.05) is 20.8 Å². The summed E-state index contributed by atoms with van der Waals surface area (Å²) in [6, 6.07) is 6.21. The molecule has 0 heterocycles. The van der Waals surface area contributed by atoms with Crippen LogP contribution in [0.2, 0.25) is 0 Å². The van der Waals surface area contributed by atoms with Gasteiger partial charge in [0.25, 0.3) is 0 Å². The molecule has 0 aliphatic carbocycles. The van der Waals surface area contributed by atoms with Crippen molar-refractivity contribution in [3.05, 3.63) is 35.4 Å². The maximum atomic E-state index is 5.29. The zero-order valence-corrected chi connectivity index (χ0v) is 10.1. The second-order valence-corrected chi connectivity index (χ2v) is 3.35. The molecule has 3 heteroatoms. The lowest BCUT2D eigenvalue weighted by Crippen LogP contribution is -2.06. The van der Waals surface area contributed by atoms with E-state index in [-0.39, 0.29) is 0 Å². The van der Waals surface area contributed by atoms with Gasteiger partial charge >= 0.3 is 0 Å². The van der Waals surface area contributed by atoms with Crippen molar-refractivity contribution in [2.24, 2.45) is 0 Å². The van der Waals surface area contributed by atoms with Gasteiger partial charge in [0.05, 0.1) is 13.7 Å². The summed E-state index contributed by atoms with van der Waals surface area (Å²) in [5, 5.41) is 0. The van der Waals surface area contributed by atoms with E-state index < -0.39 is 0 Å². The quantitative estimate of drug-likeness (QED) is 0.591. The van der Waals surface area contributed by atoms with Gasteiger partial charge in [0.2, 0.25) is 0 Å². The summed E-state index contributed by atoms with van der Waals surface area (Å²) in [7, 11) is 3.43. The zero-order valence-electron chi connectivity index (χ0n) is 10.1. The Hall–Kier alpha value is -1.32. The number of hydroxylamine groups is 1. The SMILES string of the molecule is CCc1ccc(OC)c(/C=C/CONC)c1. The van der Waals surface area contributed by atoms with Gasteiger partial charge in [0.15, 0.2) is 0 Å². The summed E-state index contributed by atoms with van der Waals surface area (Å²) in [5.41, 5.74) is 5.01. The van der Waals surface area contributed by atoms with E-state index in [4.69, 9.17) is 9.57 Å². The highest BCUT2D eigenvalue weighted by molar-refractivity contribution is 5.58. The normalized spacial score (nSPS) is 10.9. The first-order valence-corrected chi connectivity index (χ1v) is 5.43. The lowest BCUT2D eigenvalue weighted by molar-refractivity contribution is 0.0814. The number of aryl methyl sites for hydroxylation is 1. The van der Waals surface area contributed by atoms with Crippen LogP contribution < -0.4 is 10.2 Å². The molecule has 1 N–H and O–H groups in total. The second kappa shape index (κ2) is 7.04. The maximum absolute atomic E-state index is 5.29. The molecule has 0 aliphatic heterocycles. The average molecular weight is 221 g/mol. The molecule has 3 nitrogen and oxygen atoms in total. The largest absolute Gasteiger partial charge is 0.496 e. The van der Waals surface area contributed by atoms with E-state index >= 15 is 0 Å². The molecule has 0 unspecified atom stereocenters. The Kier molecular flexibility index (Phi) is 5.61. The van der Waals surface area contributed by atoms with E-state index in [9.17, 15) is 0 Å². The highest BCUT2D eigenvalue weighted by atomic mass is 16.6. The zero-order chi connectivity index (χ0) is 11.8. The standard InChI is InChI=1S/C13H19NO2/c1-4-11-7-8-13(15-3)12(10-11)6-5-9-16-14-2/h5-8,10,14H,4,9H2,1-3H3/b6-5+. The van der Waals surface area contributed by atoms with Crippen molar-refractivity contribution in [2.45, 2.75) is 13.3 Å². The van der Waals surface area contributed by atoms with Crippen LogP contribution in [-0.4, -0.2) is 20.8 Å². The lowest BCUT2D eigenvalue weighted by atomic mass is 10.1. The number of rotatable bonds is 6. The first kappa shape index (κ1) is 12.7. The fourth-order valence-electron chi connectivity index (χ4n) is 1.44. The van der Waals surface area contributed by atoms with E-state index in [1.807, 2.05) is 18.2 Å². The van der Waals surface area contributed by atoms with Crippen LogP contribution in [0.4, 0.5) is 0 Å². The molecular weight excluding hydrogens is 202 g/mol.